The Balaban J connectivity index is 1.78. The second-order valence-corrected chi connectivity index (χ2v) is 6.40. The van der Waals surface area contributed by atoms with Crippen molar-refractivity contribution in [2.24, 2.45) is 5.92 Å². The van der Waals surface area contributed by atoms with E-state index in [0.717, 1.165) is 31.7 Å². The second-order valence-electron chi connectivity index (χ2n) is 5.96. The molecule has 1 saturated heterocycles. The molecule has 1 aliphatic heterocycles. The van der Waals surface area contributed by atoms with Crippen molar-refractivity contribution in [2.75, 3.05) is 26.2 Å². The zero-order valence-corrected chi connectivity index (χ0v) is 13.0. The molecule has 0 saturated carbocycles. The van der Waals surface area contributed by atoms with Crippen molar-refractivity contribution < 1.29 is 9.84 Å². The Bertz CT molecular complexity index is 407. The molecule has 4 heteroatoms. The number of rotatable bonds is 6. The molecule has 112 valence electrons. The van der Waals surface area contributed by atoms with Crippen LogP contribution in [0.3, 0.4) is 0 Å². The van der Waals surface area contributed by atoms with E-state index >= 15 is 0 Å². The Labute approximate surface area is 126 Å². The van der Waals surface area contributed by atoms with E-state index in [1.165, 1.54) is 0 Å². The van der Waals surface area contributed by atoms with Crippen molar-refractivity contribution >= 4 is 11.6 Å². The molecule has 2 unspecified atom stereocenters. The molecule has 0 aliphatic carbocycles. The maximum Gasteiger partial charge on any atom is 0.0916 e. The van der Waals surface area contributed by atoms with Crippen molar-refractivity contribution in [1.82, 2.24) is 4.90 Å². The van der Waals surface area contributed by atoms with Crippen LogP contribution in [0.1, 0.15) is 31.9 Å². The van der Waals surface area contributed by atoms with Crippen molar-refractivity contribution in [3.8, 4) is 0 Å². The largest absolute Gasteiger partial charge is 0.387 e. The molecule has 20 heavy (non-hydrogen) atoms. The van der Waals surface area contributed by atoms with E-state index in [1.54, 1.807) is 0 Å². The highest BCUT2D eigenvalue weighted by atomic mass is 35.5. The summed E-state index contributed by atoms with van der Waals surface area (Å²) in [5.74, 6) is 0.573. The van der Waals surface area contributed by atoms with Crippen LogP contribution in [0.5, 0.6) is 0 Å². The third-order valence-electron chi connectivity index (χ3n) is 3.58. The molecule has 1 fully saturated rings. The monoisotopic (exact) mass is 297 g/mol. The van der Waals surface area contributed by atoms with Crippen molar-refractivity contribution in [1.29, 1.82) is 0 Å². The summed E-state index contributed by atoms with van der Waals surface area (Å²) < 4.78 is 5.86. The fourth-order valence-electron chi connectivity index (χ4n) is 2.46. The van der Waals surface area contributed by atoms with Gasteiger partial charge in [0.1, 0.15) is 0 Å². The number of likely N-dealkylation sites (tertiary alicyclic amines) is 1. The smallest absolute Gasteiger partial charge is 0.0916 e. The predicted octanol–water partition coefficient (Wildman–Crippen LogP) is 3.12. The summed E-state index contributed by atoms with van der Waals surface area (Å²) >= 11 is 5.86. The Morgan fingerprint density at radius 3 is 2.70 bits per heavy atom. The van der Waals surface area contributed by atoms with Crippen molar-refractivity contribution in [2.45, 2.75) is 32.5 Å². The van der Waals surface area contributed by atoms with Gasteiger partial charge in [0.05, 0.1) is 12.2 Å². The fourth-order valence-corrected chi connectivity index (χ4v) is 2.59. The quantitative estimate of drug-likeness (QED) is 0.876. The summed E-state index contributed by atoms with van der Waals surface area (Å²) in [6.07, 6.45) is 0.908. The lowest BCUT2D eigenvalue weighted by Crippen LogP contribution is -2.28. The second kappa shape index (κ2) is 7.41. The van der Waals surface area contributed by atoms with Gasteiger partial charge in [-0.1, -0.05) is 37.6 Å². The van der Waals surface area contributed by atoms with Crippen LogP contribution in [-0.2, 0) is 4.74 Å². The minimum Gasteiger partial charge on any atom is -0.387 e. The summed E-state index contributed by atoms with van der Waals surface area (Å²) in [4.78, 5) is 2.27. The number of hydrogen-bond acceptors (Lipinski definition) is 3. The minimum atomic E-state index is -0.462. The number of aliphatic hydroxyl groups excluding tert-OH is 1. The number of β-amino-alcohol motifs (C(OH)–C–C–N with tert-alkyl or cyclic N) is 1. The Hall–Kier alpha value is -0.610. The molecule has 1 aromatic carbocycles. The molecular weight excluding hydrogens is 274 g/mol. The number of benzene rings is 1. The average molecular weight is 298 g/mol. The lowest BCUT2D eigenvalue weighted by molar-refractivity contribution is 0.0373. The fraction of sp³-hybridized carbons (Fsp3) is 0.625. The standard InChI is InChI=1S/C16H24ClNO2/c1-12(2)11-20-15-7-8-18(9-15)10-16(19)13-3-5-14(17)6-4-13/h3-6,12,15-16,19H,7-11H2,1-2H3. The SMILES string of the molecule is CC(C)COC1CCN(CC(O)c2ccc(Cl)cc2)C1. The third kappa shape index (κ3) is 4.74. The predicted molar refractivity (Wildman–Crippen MR) is 82.0 cm³/mol. The molecule has 1 aromatic rings. The molecule has 0 aromatic heterocycles. The Morgan fingerprint density at radius 2 is 2.05 bits per heavy atom. The van der Waals surface area contributed by atoms with E-state index < -0.39 is 6.10 Å². The lowest BCUT2D eigenvalue weighted by Gasteiger charge is -2.20. The highest BCUT2D eigenvalue weighted by molar-refractivity contribution is 6.30. The first-order valence-corrected chi connectivity index (χ1v) is 7.70. The van der Waals surface area contributed by atoms with Crippen LogP contribution >= 0.6 is 11.6 Å². The van der Waals surface area contributed by atoms with Gasteiger partial charge >= 0.3 is 0 Å². The first-order chi connectivity index (χ1) is 9.54. The number of ether oxygens (including phenoxy) is 1. The zero-order chi connectivity index (χ0) is 14.5. The number of halogens is 1. The molecule has 2 atom stereocenters. The maximum atomic E-state index is 10.3. The van der Waals surface area contributed by atoms with Crippen LogP contribution < -0.4 is 0 Å². The van der Waals surface area contributed by atoms with Gasteiger partial charge in [-0.05, 0) is 30.0 Å². The molecular formula is C16H24ClNO2. The summed E-state index contributed by atoms with van der Waals surface area (Å²) in [6.45, 7) is 7.71. The van der Waals surface area contributed by atoms with Gasteiger partial charge in [-0.15, -0.1) is 0 Å². The van der Waals surface area contributed by atoms with Crippen molar-refractivity contribution in [3.05, 3.63) is 34.9 Å². The van der Waals surface area contributed by atoms with Gasteiger partial charge < -0.3 is 9.84 Å². The number of aliphatic hydroxyl groups is 1. The van der Waals surface area contributed by atoms with Crippen LogP contribution in [0.15, 0.2) is 24.3 Å². The first kappa shape index (κ1) is 15.8. The average Bonchev–Trinajstić information content (AvgIpc) is 2.84. The van der Waals surface area contributed by atoms with Gasteiger partial charge in [-0.3, -0.25) is 4.90 Å². The summed E-state index contributed by atoms with van der Waals surface area (Å²) in [7, 11) is 0. The van der Waals surface area contributed by atoms with Gasteiger partial charge in [-0.2, -0.15) is 0 Å². The maximum absolute atomic E-state index is 10.3. The molecule has 3 nitrogen and oxygen atoms in total. The molecule has 0 amide bonds. The molecule has 1 N–H and O–H groups in total. The summed E-state index contributed by atoms with van der Waals surface area (Å²) in [5.41, 5.74) is 0.918. The van der Waals surface area contributed by atoms with Gasteiger partial charge in [0.25, 0.3) is 0 Å². The third-order valence-corrected chi connectivity index (χ3v) is 3.83. The van der Waals surface area contributed by atoms with Gasteiger partial charge in [0.2, 0.25) is 0 Å². The summed E-state index contributed by atoms with van der Waals surface area (Å²) in [5, 5.41) is 10.9. The van der Waals surface area contributed by atoms with Crippen LogP contribution in [0.4, 0.5) is 0 Å². The molecule has 1 aliphatic rings. The van der Waals surface area contributed by atoms with Crippen molar-refractivity contribution in [3.63, 3.8) is 0 Å². The first-order valence-electron chi connectivity index (χ1n) is 7.32. The Morgan fingerprint density at radius 1 is 1.35 bits per heavy atom. The molecule has 2 rings (SSSR count). The van der Waals surface area contributed by atoms with Crippen LogP contribution in [0.25, 0.3) is 0 Å². The highest BCUT2D eigenvalue weighted by Crippen LogP contribution is 2.20. The highest BCUT2D eigenvalue weighted by Gasteiger charge is 2.25. The van der Waals surface area contributed by atoms with Gasteiger partial charge in [-0.25, -0.2) is 0 Å². The topological polar surface area (TPSA) is 32.7 Å². The van der Waals surface area contributed by atoms with Gasteiger partial charge in [0, 0.05) is 31.3 Å². The summed E-state index contributed by atoms with van der Waals surface area (Å²) in [6, 6.07) is 7.41. The van der Waals surface area contributed by atoms with E-state index in [4.69, 9.17) is 16.3 Å². The molecule has 0 bridgehead atoms. The number of nitrogens with zero attached hydrogens (tertiary/aromatic N) is 1. The van der Waals surface area contributed by atoms with E-state index in [-0.39, 0.29) is 0 Å². The van der Waals surface area contributed by atoms with Gasteiger partial charge in [0.15, 0.2) is 0 Å². The number of hydrogen-bond donors (Lipinski definition) is 1. The Kier molecular flexibility index (Phi) is 5.85. The van der Waals surface area contributed by atoms with Crippen LogP contribution in [0, 0.1) is 5.92 Å². The van der Waals surface area contributed by atoms with E-state index in [2.05, 4.69) is 18.7 Å². The van der Waals surface area contributed by atoms with Crippen LogP contribution in [-0.4, -0.2) is 42.4 Å². The van der Waals surface area contributed by atoms with Crippen LogP contribution in [0.2, 0.25) is 5.02 Å². The minimum absolute atomic E-state index is 0.315. The van der Waals surface area contributed by atoms with E-state index in [0.29, 0.717) is 23.6 Å². The molecule has 0 radical (unpaired) electrons. The zero-order valence-electron chi connectivity index (χ0n) is 12.3. The lowest BCUT2D eigenvalue weighted by atomic mass is 10.1. The normalized spacial score (nSPS) is 21.6. The molecule has 1 heterocycles. The van der Waals surface area contributed by atoms with E-state index in [1.807, 2.05) is 24.3 Å². The molecule has 0 spiro atoms. The van der Waals surface area contributed by atoms with E-state index in [9.17, 15) is 5.11 Å².